The van der Waals surface area contributed by atoms with Gasteiger partial charge in [-0.05, 0) is 49.7 Å². The Labute approximate surface area is 152 Å². The molecular formula is C22H19N3O. The summed E-state index contributed by atoms with van der Waals surface area (Å²) >= 11 is 0. The molecule has 2 heterocycles. The summed E-state index contributed by atoms with van der Waals surface area (Å²) in [6.45, 7) is 3.96. The molecule has 0 radical (unpaired) electrons. The molecule has 128 valence electrons. The molecule has 1 N–H and O–H groups in total. The van der Waals surface area contributed by atoms with E-state index >= 15 is 0 Å². The number of nitrogens with one attached hydrogen (secondary N) is 1. The lowest BCUT2D eigenvalue weighted by molar-refractivity contribution is 0.102. The van der Waals surface area contributed by atoms with Crippen molar-refractivity contribution in [3.8, 4) is 11.3 Å². The van der Waals surface area contributed by atoms with Crippen molar-refractivity contribution in [3.05, 3.63) is 89.7 Å². The number of rotatable bonds is 3. The Hall–Kier alpha value is -3.40. The predicted molar refractivity (Wildman–Crippen MR) is 104 cm³/mol. The van der Waals surface area contributed by atoms with Crippen LogP contribution in [0.3, 0.4) is 0 Å². The van der Waals surface area contributed by atoms with Crippen molar-refractivity contribution in [3.63, 3.8) is 0 Å². The number of anilines is 1. The van der Waals surface area contributed by atoms with Gasteiger partial charge in [-0.25, -0.2) is 4.98 Å². The molecule has 0 saturated carbocycles. The summed E-state index contributed by atoms with van der Waals surface area (Å²) in [5, 5.41) is 3.02. The van der Waals surface area contributed by atoms with Crippen LogP contribution < -0.4 is 5.32 Å². The lowest BCUT2D eigenvalue weighted by Crippen LogP contribution is -2.13. The third kappa shape index (κ3) is 3.09. The van der Waals surface area contributed by atoms with Crippen LogP contribution in [-0.4, -0.2) is 15.3 Å². The van der Waals surface area contributed by atoms with Gasteiger partial charge in [0.25, 0.3) is 5.91 Å². The minimum Gasteiger partial charge on any atom is -0.322 e. The standard InChI is InChI=1S/C22H19N3O/c1-15-6-5-7-18(12-15)22(26)24-19-13-17(10-9-16(19)2)20-14-25-11-4-3-8-21(25)23-20/h3-14H,1-2H3,(H,24,26). The van der Waals surface area contributed by atoms with Gasteiger partial charge in [0, 0.05) is 29.2 Å². The summed E-state index contributed by atoms with van der Waals surface area (Å²) in [6, 6.07) is 19.5. The maximum Gasteiger partial charge on any atom is 0.255 e. The van der Waals surface area contributed by atoms with Gasteiger partial charge in [-0.2, -0.15) is 0 Å². The molecule has 0 bridgehead atoms. The number of nitrogens with zero attached hydrogens (tertiary/aromatic N) is 2. The number of aromatic nitrogens is 2. The SMILES string of the molecule is Cc1cccc(C(=O)Nc2cc(-c3cn4ccccc4n3)ccc2C)c1. The average Bonchev–Trinajstić information content (AvgIpc) is 3.07. The molecular weight excluding hydrogens is 322 g/mol. The minimum absolute atomic E-state index is 0.107. The monoisotopic (exact) mass is 341 g/mol. The van der Waals surface area contributed by atoms with Crippen molar-refractivity contribution in [1.82, 2.24) is 9.38 Å². The molecule has 0 aliphatic rings. The third-order valence-electron chi connectivity index (χ3n) is 4.43. The van der Waals surface area contributed by atoms with Crippen LogP contribution in [0, 0.1) is 13.8 Å². The van der Waals surface area contributed by atoms with Gasteiger partial charge >= 0.3 is 0 Å². The van der Waals surface area contributed by atoms with Crippen molar-refractivity contribution in [2.24, 2.45) is 0 Å². The third-order valence-corrected chi connectivity index (χ3v) is 4.43. The Morgan fingerprint density at radius 1 is 1.00 bits per heavy atom. The Morgan fingerprint density at radius 3 is 2.69 bits per heavy atom. The zero-order chi connectivity index (χ0) is 18.1. The number of pyridine rings is 1. The first-order valence-electron chi connectivity index (χ1n) is 8.53. The van der Waals surface area contributed by atoms with E-state index in [4.69, 9.17) is 0 Å². The van der Waals surface area contributed by atoms with E-state index in [0.717, 1.165) is 33.7 Å². The number of benzene rings is 2. The summed E-state index contributed by atoms with van der Waals surface area (Å²) < 4.78 is 1.99. The minimum atomic E-state index is -0.107. The van der Waals surface area contributed by atoms with Crippen LogP contribution in [0.2, 0.25) is 0 Å². The van der Waals surface area contributed by atoms with Gasteiger partial charge in [0.2, 0.25) is 0 Å². The van der Waals surface area contributed by atoms with E-state index in [2.05, 4.69) is 10.3 Å². The second kappa shape index (κ2) is 6.48. The van der Waals surface area contributed by atoms with Crippen LogP contribution in [0.15, 0.2) is 73.1 Å². The number of aryl methyl sites for hydroxylation is 2. The van der Waals surface area contributed by atoms with E-state index < -0.39 is 0 Å². The summed E-state index contributed by atoms with van der Waals surface area (Å²) in [7, 11) is 0. The highest BCUT2D eigenvalue weighted by Crippen LogP contribution is 2.25. The molecule has 26 heavy (non-hydrogen) atoms. The molecule has 1 amide bonds. The Bertz CT molecular complexity index is 1080. The predicted octanol–water partition coefficient (Wildman–Crippen LogP) is 4.87. The smallest absolute Gasteiger partial charge is 0.255 e. The number of amides is 1. The first-order chi connectivity index (χ1) is 12.6. The molecule has 0 spiro atoms. The van der Waals surface area contributed by atoms with Crippen LogP contribution >= 0.6 is 0 Å². The number of fused-ring (bicyclic) bond motifs is 1. The maximum atomic E-state index is 12.6. The summed E-state index contributed by atoms with van der Waals surface area (Å²) in [6.07, 6.45) is 3.96. The van der Waals surface area contributed by atoms with E-state index in [9.17, 15) is 4.79 Å². The molecule has 2 aromatic carbocycles. The number of carbonyl (C=O) groups is 1. The molecule has 0 aliphatic heterocycles. The van der Waals surface area contributed by atoms with Crippen molar-refractivity contribution in [2.45, 2.75) is 13.8 Å². The Balaban J connectivity index is 1.67. The van der Waals surface area contributed by atoms with E-state index in [1.54, 1.807) is 0 Å². The van der Waals surface area contributed by atoms with E-state index in [-0.39, 0.29) is 5.91 Å². The summed E-state index contributed by atoms with van der Waals surface area (Å²) in [4.78, 5) is 17.2. The highest BCUT2D eigenvalue weighted by Gasteiger charge is 2.11. The summed E-state index contributed by atoms with van der Waals surface area (Å²) in [5.41, 5.74) is 6.27. The van der Waals surface area contributed by atoms with Gasteiger partial charge in [0.1, 0.15) is 5.65 Å². The van der Waals surface area contributed by atoms with Gasteiger partial charge in [0.15, 0.2) is 0 Å². The topological polar surface area (TPSA) is 46.4 Å². The lowest BCUT2D eigenvalue weighted by Gasteiger charge is -2.10. The molecule has 0 unspecified atom stereocenters. The molecule has 4 aromatic rings. The highest BCUT2D eigenvalue weighted by molar-refractivity contribution is 6.05. The van der Waals surface area contributed by atoms with Gasteiger partial charge in [0.05, 0.1) is 5.69 Å². The fourth-order valence-electron chi connectivity index (χ4n) is 2.97. The van der Waals surface area contributed by atoms with E-state index in [1.165, 1.54) is 0 Å². The van der Waals surface area contributed by atoms with Crippen LogP contribution in [0.4, 0.5) is 5.69 Å². The normalized spacial score (nSPS) is 10.8. The number of imidazole rings is 1. The fourth-order valence-corrected chi connectivity index (χ4v) is 2.97. The van der Waals surface area contributed by atoms with Gasteiger partial charge < -0.3 is 9.72 Å². The van der Waals surface area contributed by atoms with Gasteiger partial charge in [-0.3, -0.25) is 4.79 Å². The molecule has 0 aliphatic carbocycles. The largest absolute Gasteiger partial charge is 0.322 e. The van der Waals surface area contributed by atoms with Crippen molar-refractivity contribution in [1.29, 1.82) is 0 Å². The first kappa shape index (κ1) is 16.1. The lowest BCUT2D eigenvalue weighted by atomic mass is 10.1. The van der Waals surface area contributed by atoms with Crippen molar-refractivity contribution >= 4 is 17.2 Å². The second-order valence-corrected chi connectivity index (χ2v) is 6.45. The maximum absolute atomic E-state index is 12.6. The Kier molecular flexibility index (Phi) is 4.01. The molecule has 4 nitrogen and oxygen atoms in total. The van der Waals surface area contributed by atoms with Crippen LogP contribution in [0.5, 0.6) is 0 Å². The fraction of sp³-hybridized carbons (Fsp3) is 0.0909. The summed E-state index contributed by atoms with van der Waals surface area (Å²) in [5.74, 6) is -0.107. The van der Waals surface area contributed by atoms with Crippen molar-refractivity contribution in [2.75, 3.05) is 5.32 Å². The second-order valence-electron chi connectivity index (χ2n) is 6.45. The highest BCUT2D eigenvalue weighted by atomic mass is 16.1. The molecule has 4 rings (SSSR count). The van der Waals surface area contributed by atoms with Crippen LogP contribution in [0.25, 0.3) is 16.9 Å². The average molecular weight is 341 g/mol. The number of carbonyl (C=O) groups excluding carboxylic acids is 1. The van der Waals surface area contributed by atoms with Gasteiger partial charge in [-0.15, -0.1) is 0 Å². The van der Waals surface area contributed by atoms with E-state index in [1.807, 2.05) is 91.3 Å². The van der Waals surface area contributed by atoms with Crippen LogP contribution in [0.1, 0.15) is 21.5 Å². The first-order valence-corrected chi connectivity index (χ1v) is 8.53. The number of hydrogen-bond acceptors (Lipinski definition) is 2. The molecule has 0 fully saturated rings. The molecule has 4 heteroatoms. The van der Waals surface area contributed by atoms with Gasteiger partial charge in [-0.1, -0.05) is 35.9 Å². The quantitative estimate of drug-likeness (QED) is 0.578. The molecule has 2 aromatic heterocycles. The zero-order valence-corrected chi connectivity index (χ0v) is 14.7. The Morgan fingerprint density at radius 2 is 1.88 bits per heavy atom. The zero-order valence-electron chi connectivity index (χ0n) is 14.7. The number of hydrogen-bond donors (Lipinski definition) is 1. The molecule has 0 atom stereocenters. The van der Waals surface area contributed by atoms with Crippen LogP contribution in [-0.2, 0) is 0 Å². The molecule has 0 saturated heterocycles. The van der Waals surface area contributed by atoms with E-state index in [0.29, 0.717) is 5.56 Å². The van der Waals surface area contributed by atoms with Crippen molar-refractivity contribution < 1.29 is 4.79 Å².